The molecular formula is C14H20N2O5S. The number of carbonyl (C=O) groups is 2. The highest BCUT2D eigenvalue weighted by Gasteiger charge is 2.20. The van der Waals surface area contributed by atoms with Gasteiger partial charge in [0.1, 0.15) is 0 Å². The van der Waals surface area contributed by atoms with Crippen LogP contribution in [0.4, 0.5) is 5.69 Å². The summed E-state index contributed by atoms with van der Waals surface area (Å²) in [7, 11) is -2.37. The number of esters is 1. The molecule has 1 rings (SSSR count). The predicted octanol–water partition coefficient (Wildman–Crippen LogP) is 0.798. The van der Waals surface area contributed by atoms with Gasteiger partial charge in [0.25, 0.3) is 0 Å². The third-order valence-corrected chi connectivity index (χ3v) is 4.14. The van der Waals surface area contributed by atoms with Crippen LogP contribution in [0.1, 0.15) is 24.2 Å². The number of amides is 1. The quantitative estimate of drug-likeness (QED) is 0.772. The number of methoxy groups -OCH3 is 1. The number of anilines is 1. The smallest absolute Gasteiger partial charge is 0.337 e. The molecule has 1 aromatic rings. The van der Waals surface area contributed by atoms with Crippen LogP contribution in [-0.2, 0) is 19.4 Å². The second-order valence-corrected chi connectivity index (χ2v) is 7.28. The number of carbonyl (C=O) groups excluding carboxylic acids is 2. The summed E-state index contributed by atoms with van der Waals surface area (Å²) in [6.07, 6.45) is 1.01. The molecular weight excluding hydrogens is 308 g/mol. The fourth-order valence-electron chi connectivity index (χ4n) is 1.65. The summed E-state index contributed by atoms with van der Waals surface area (Å²) in [5, 5.41) is 2.52. The van der Waals surface area contributed by atoms with E-state index < -0.39 is 27.8 Å². The Morgan fingerprint density at radius 1 is 1.23 bits per heavy atom. The molecule has 1 amide bonds. The van der Waals surface area contributed by atoms with Crippen LogP contribution in [0.3, 0.4) is 0 Å². The van der Waals surface area contributed by atoms with Crippen molar-refractivity contribution in [3.8, 4) is 0 Å². The highest BCUT2D eigenvalue weighted by atomic mass is 32.2. The van der Waals surface area contributed by atoms with Gasteiger partial charge in [0.2, 0.25) is 5.91 Å². The number of hydrogen-bond donors (Lipinski definition) is 2. The molecule has 0 fully saturated rings. The van der Waals surface area contributed by atoms with Crippen molar-refractivity contribution in [1.29, 1.82) is 0 Å². The number of sulfone groups is 1. The monoisotopic (exact) mass is 328 g/mol. The maximum absolute atomic E-state index is 12.0. The van der Waals surface area contributed by atoms with Crippen LogP contribution in [0.2, 0.25) is 0 Å². The molecule has 122 valence electrons. The number of rotatable bonds is 5. The third kappa shape index (κ3) is 4.54. The zero-order chi connectivity index (χ0) is 17.1. The Morgan fingerprint density at radius 3 is 2.27 bits per heavy atom. The van der Waals surface area contributed by atoms with Crippen LogP contribution in [0.5, 0.6) is 0 Å². The van der Waals surface area contributed by atoms with Crippen molar-refractivity contribution in [3.63, 3.8) is 0 Å². The number of ether oxygens (including phenoxy) is 1. The Kier molecular flexibility index (Phi) is 5.67. The molecule has 0 aromatic heterocycles. The molecule has 7 nitrogen and oxygen atoms in total. The van der Waals surface area contributed by atoms with E-state index in [-0.39, 0.29) is 22.1 Å². The van der Waals surface area contributed by atoms with Gasteiger partial charge in [-0.3, -0.25) is 4.79 Å². The number of nitrogens with one attached hydrogen (secondary N) is 1. The second kappa shape index (κ2) is 6.89. The second-order valence-electron chi connectivity index (χ2n) is 5.27. The standard InChI is InChI=1S/C14H20N2O5S/c1-8(2)12(15)13(17)16-10-5-9(14(18)21-3)6-11(7-10)22(4,19)20/h5-8,12H,15H2,1-4H3,(H,16,17)/t12-/m0/s1. The Bertz CT molecular complexity index is 682. The lowest BCUT2D eigenvalue weighted by Gasteiger charge is -2.16. The van der Waals surface area contributed by atoms with Crippen molar-refractivity contribution in [1.82, 2.24) is 0 Å². The van der Waals surface area contributed by atoms with E-state index >= 15 is 0 Å². The predicted molar refractivity (Wildman–Crippen MR) is 82.3 cm³/mol. The molecule has 3 N–H and O–H groups in total. The molecule has 1 atom stereocenters. The zero-order valence-electron chi connectivity index (χ0n) is 12.9. The molecule has 0 bridgehead atoms. The van der Waals surface area contributed by atoms with Crippen molar-refractivity contribution in [2.75, 3.05) is 18.7 Å². The van der Waals surface area contributed by atoms with Gasteiger partial charge in [-0.1, -0.05) is 13.8 Å². The van der Waals surface area contributed by atoms with Gasteiger partial charge >= 0.3 is 5.97 Å². The van der Waals surface area contributed by atoms with Gasteiger partial charge in [0.15, 0.2) is 9.84 Å². The molecule has 0 spiro atoms. The Labute approximate surface area is 129 Å². The minimum atomic E-state index is -3.55. The van der Waals surface area contributed by atoms with Crippen LogP contribution in [0, 0.1) is 5.92 Å². The number of hydrogen-bond acceptors (Lipinski definition) is 6. The van der Waals surface area contributed by atoms with E-state index in [0.29, 0.717) is 0 Å². The normalized spacial score (nSPS) is 12.8. The molecule has 0 saturated heterocycles. The topological polar surface area (TPSA) is 116 Å². The summed E-state index contributed by atoms with van der Waals surface area (Å²) >= 11 is 0. The van der Waals surface area contributed by atoms with E-state index in [2.05, 4.69) is 10.1 Å². The fourth-order valence-corrected chi connectivity index (χ4v) is 2.33. The highest BCUT2D eigenvalue weighted by Crippen LogP contribution is 2.20. The third-order valence-electron chi connectivity index (χ3n) is 3.04. The van der Waals surface area contributed by atoms with Crippen molar-refractivity contribution in [3.05, 3.63) is 23.8 Å². The average molecular weight is 328 g/mol. The van der Waals surface area contributed by atoms with Gasteiger partial charge in [0, 0.05) is 11.9 Å². The highest BCUT2D eigenvalue weighted by molar-refractivity contribution is 7.90. The molecule has 0 aliphatic rings. The minimum Gasteiger partial charge on any atom is -0.465 e. The summed E-state index contributed by atoms with van der Waals surface area (Å²) in [5.74, 6) is -1.25. The van der Waals surface area contributed by atoms with E-state index in [4.69, 9.17) is 5.73 Å². The molecule has 0 unspecified atom stereocenters. The van der Waals surface area contributed by atoms with E-state index in [1.165, 1.54) is 25.3 Å². The molecule has 1 aromatic carbocycles. The molecule has 8 heteroatoms. The van der Waals surface area contributed by atoms with Crippen LogP contribution in [0.25, 0.3) is 0 Å². The molecule has 0 aliphatic heterocycles. The zero-order valence-corrected chi connectivity index (χ0v) is 13.7. The van der Waals surface area contributed by atoms with E-state index in [1.54, 1.807) is 13.8 Å². The first kappa shape index (κ1) is 18.1. The Morgan fingerprint density at radius 2 is 1.82 bits per heavy atom. The van der Waals surface area contributed by atoms with Crippen LogP contribution >= 0.6 is 0 Å². The van der Waals surface area contributed by atoms with Crippen molar-refractivity contribution in [2.45, 2.75) is 24.8 Å². The fraction of sp³-hybridized carbons (Fsp3) is 0.429. The van der Waals surface area contributed by atoms with E-state index in [1.807, 2.05) is 0 Å². The van der Waals surface area contributed by atoms with Gasteiger partial charge < -0.3 is 15.8 Å². The van der Waals surface area contributed by atoms with E-state index in [0.717, 1.165) is 6.26 Å². The van der Waals surface area contributed by atoms with Crippen molar-refractivity contribution < 1.29 is 22.7 Å². The summed E-state index contributed by atoms with van der Waals surface area (Å²) in [6.45, 7) is 3.58. The molecule has 0 aliphatic carbocycles. The van der Waals surface area contributed by atoms with Crippen LogP contribution in [0.15, 0.2) is 23.1 Å². The van der Waals surface area contributed by atoms with Gasteiger partial charge in [0.05, 0.1) is 23.6 Å². The Hall–Kier alpha value is -1.93. The summed E-state index contributed by atoms with van der Waals surface area (Å²) in [4.78, 5) is 23.5. The lowest BCUT2D eigenvalue weighted by Crippen LogP contribution is -2.39. The molecule has 0 heterocycles. The van der Waals surface area contributed by atoms with Gasteiger partial charge in [-0.05, 0) is 24.1 Å². The molecule has 0 radical (unpaired) electrons. The lowest BCUT2D eigenvalue weighted by molar-refractivity contribution is -0.118. The van der Waals surface area contributed by atoms with Gasteiger partial charge in [-0.25, -0.2) is 13.2 Å². The maximum atomic E-state index is 12.0. The molecule has 22 heavy (non-hydrogen) atoms. The first-order valence-electron chi connectivity index (χ1n) is 6.56. The van der Waals surface area contributed by atoms with Crippen LogP contribution < -0.4 is 11.1 Å². The first-order chi connectivity index (χ1) is 10.1. The van der Waals surface area contributed by atoms with Crippen LogP contribution in [-0.4, -0.2) is 39.7 Å². The summed E-state index contributed by atoms with van der Waals surface area (Å²) < 4.78 is 28.0. The lowest BCUT2D eigenvalue weighted by atomic mass is 10.0. The number of benzene rings is 1. The van der Waals surface area contributed by atoms with Gasteiger partial charge in [-0.2, -0.15) is 0 Å². The largest absolute Gasteiger partial charge is 0.465 e. The maximum Gasteiger partial charge on any atom is 0.337 e. The summed E-state index contributed by atoms with van der Waals surface area (Å²) in [5.41, 5.74) is 5.93. The SMILES string of the molecule is COC(=O)c1cc(NC(=O)[C@@H](N)C(C)C)cc(S(C)(=O)=O)c1. The summed E-state index contributed by atoms with van der Waals surface area (Å²) in [6, 6.07) is 3.06. The van der Waals surface area contributed by atoms with E-state index in [9.17, 15) is 18.0 Å². The van der Waals surface area contributed by atoms with Crippen molar-refractivity contribution in [2.24, 2.45) is 11.7 Å². The minimum absolute atomic E-state index is 0.0267. The average Bonchev–Trinajstić information content (AvgIpc) is 2.43. The van der Waals surface area contributed by atoms with Crippen molar-refractivity contribution >= 4 is 27.4 Å². The number of nitrogens with two attached hydrogens (primary N) is 1. The Balaban J connectivity index is 3.24. The molecule has 0 saturated carbocycles. The first-order valence-corrected chi connectivity index (χ1v) is 8.45. The van der Waals surface area contributed by atoms with Gasteiger partial charge in [-0.15, -0.1) is 0 Å².